The molecule has 2 saturated heterocycles. The third-order valence-corrected chi connectivity index (χ3v) is 6.35. The Morgan fingerprint density at radius 3 is 2.26 bits per heavy atom. The first kappa shape index (κ1) is 14.7. The van der Waals surface area contributed by atoms with Crippen molar-refractivity contribution < 1.29 is 23.4 Å². The van der Waals surface area contributed by atoms with Crippen molar-refractivity contribution in [2.75, 3.05) is 24.6 Å². The maximum Gasteiger partial charge on any atom is 0.309 e. The zero-order chi connectivity index (χ0) is 14.3. The molecule has 2 atom stereocenters. The van der Waals surface area contributed by atoms with Crippen molar-refractivity contribution in [3.8, 4) is 0 Å². The Morgan fingerprint density at radius 1 is 1.32 bits per heavy atom. The number of sulfone groups is 1. The summed E-state index contributed by atoms with van der Waals surface area (Å²) < 4.78 is 23.0. The number of nitrogens with zero attached hydrogens (tertiary/aromatic N) is 1. The van der Waals surface area contributed by atoms with Gasteiger partial charge in [0, 0.05) is 0 Å². The fourth-order valence-corrected chi connectivity index (χ4v) is 4.99. The molecule has 0 saturated carbocycles. The molecule has 2 fully saturated rings. The van der Waals surface area contributed by atoms with Crippen LogP contribution in [0, 0.1) is 5.41 Å². The van der Waals surface area contributed by atoms with E-state index in [1.54, 1.807) is 0 Å². The molecule has 0 amide bonds. The first-order chi connectivity index (χ1) is 8.80. The largest absolute Gasteiger partial charge is 0.481 e. The van der Waals surface area contributed by atoms with E-state index in [1.807, 2.05) is 11.8 Å². The standard InChI is InChI=1S/C12H21NO5S/c1-2-12(11(15)16)3-5-13(6-4-12)9-7-19(17,18)8-10(9)14/h9-10,14H,2-8H2,1H3,(H,15,16). The smallest absolute Gasteiger partial charge is 0.309 e. The molecular weight excluding hydrogens is 270 g/mol. The van der Waals surface area contributed by atoms with Crippen molar-refractivity contribution in [3.05, 3.63) is 0 Å². The molecule has 2 aliphatic rings. The van der Waals surface area contributed by atoms with Gasteiger partial charge in [-0.3, -0.25) is 9.69 Å². The molecule has 0 aromatic rings. The van der Waals surface area contributed by atoms with Crippen LogP contribution in [-0.2, 0) is 14.6 Å². The number of aliphatic hydroxyl groups is 1. The van der Waals surface area contributed by atoms with Gasteiger partial charge in [-0.25, -0.2) is 8.42 Å². The molecule has 0 aliphatic carbocycles. The van der Waals surface area contributed by atoms with E-state index in [4.69, 9.17) is 0 Å². The van der Waals surface area contributed by atoms with Gasteiger partial charge in [-0.2, -0.15) is 0 Å². The number of hydrogen-bond donors (Lipinski definition) is 2. The van der Waals surface area contributed by atoms with E-state index in [-0.39, 0.29) is 17.5 Å². The molecule has 0 aromatic carbocycles. The number of aliphatic carboxylic acids is 1. The first-order valence-electron chi connectivity index (χ1n) is 6.65. The molecule has 0 aromatic heterocycles. The lowest BCUT2D eigenvalue weighted by molar-refractivity contribution is -0.153. The van der Waals surface area contributed by atoms with Gasteiger partial charge < -0.3 is 10.2 Å². The minimum Gasteiger partial charge on any atom is -0.481 e. The van der Waals surface area contributed by atoms with E-state index in [9.17, 15) is 23.4 Å². The van der Waals surface area contributed by atoms with Gasteiger partial charge in [-0.1, -0.05) is 6.92 Å². The van der Waals surface area contributed by atoms with Crippen LogP contribution in [0.2, 0.25) is 0 Å². The Balaban J connectivity index is 2.03. The Hall–Kier alpha value is -0.660. The van der Waals surface area contributed by atoms with Crippen LogP contribution >= 0.6 is 0 Å². The highest BCUT2D eigenvalue weighted by Crippen LogP contribution is 2.36. The monoisotopic (exact) mass is 291 g/mol. The molecule has 0 radical (unpaired) electrons. The van der Waals surface area contributed by atoms with Crippen LogP contribution < -0.4 is 0 Å². The predicted molar refractivity (Wildman–Crippen MR) is 69.6 cm³/mol. The molecule has 2 rings (SSSR count). The molecule has 19 heavy (non-hydrogen) atoms. The topological polar surface area (TPSA) is 94.9 Å². The van der Waals surface area contributed by atoms with Crippen molar-refractivity contribution in [1.82, 2.24) is 4.90 Å². The van der Waals surface area contributed by atoms with Crippen molar-refractivity contribution >= 4 is 15.8 Å². The lowest BCUT2D eigenvalue weighted by atomic mass is 9.76. The van der Waals surface area contributed by atoms with Crippen LogP contribution in [-0.4, -0.2) is 66.2 Å². The SMILES string of the molecule is CCC1(C(=O)O)CCN(C2CS(=O)(=O)CC2O)CC1. The number of carboxylic acids is 1. The first-order valence-corrected chi connectivity index (χ1v) is 8.48. The average Bonchev–Trinajstić information content (AvgIpc) is 2.62. The van der Waals surface area contributed by atoms with Crippen LogP contribution in [0.15, 0.2) is 0 Å². The molecule has 110 valence electrons. The zero-order valence-corrected chi connectivity index (χ0v) is 11.9. The van der Waals surface area contributed by atoms with Crippen LogP contribution in [0.3, 0.4) is 0 Å². The summed E-state index contributed by atoms with van der Waals surface area (Å²) in [5.41, 5.74) is -0.682. The molecule has 2 N–H and O–H groups in total. The Morgan fingerprint density at radius 2 is 1.89 bits per heavy atom. The lowest BCUT2D eigenvalue weighted by Crippen LogP contribution is -2.51. The summed E-state index contributed by atoms with van der Waals surface area (Å²) in [5, 5.41) is 19.1. The predicted octanol–water partition coefficient (Wildman–Crippen LogP) is -0.279. The molecule has 6 nitrogen and oxygen atoms in total. The Labute approximate surface area is 113 Å². The van der Waals surface area contributed by atoms with E-state index >= 15 is 0 Å². The normalized spacial score (nSPS) is 34.2. The molecule has 0 bridgehead atoms. The second-order valence-electron chi connectivity index (χ2n) is 5.69. The molecular formula is C12H21NO5S. The summed E-state index contributed by atoms with van der Waals surface area (Å²) >= 11 is 0. The number of aliphatic hydroxyl groups excluding tert-OH is 1. The van der Waals surface area contributed by atoms with Gasteiger partial charge in [-0.05, 0) is 32.4 Å². The summed E-state index contributed by atoms with van der Waals surface area (Å²) in [4.78, 5) is 13.3. The second kappa shape index (κ2) is 5.03. The third kappa shape index (κ3) is 2.78. The highest BCUT2D eigenvalue weighted by molar-refractivity contribution is 7.91. The molecule has 7 heteroatoms. The third-order valence-electron chi connectivity index (χ3n) is 4.65. The van der Waals surface area contributed by atoms with Crippen molar-refractivity contribution in [2.45, 2.75) is 38.3 Å². The van der Waals surface area contributed by atoms with Crippen molar-refractivity contribution in [3.63, 3.8) is 0 Å². The van der Waals surface area contributed by atoms with Gasteiger partial charge in [0.05, 0.1) is 29.1 Å². The van der Waals surface area contributed by atoms with Gasteiger partial charge in [-0.15, -0.1) is 0 Å². The second-order valence-corrected chi connectivity index (χ2v) is 7.84. The van der Waals surface area contributed by atoms with Crippen LogP contribution in [0.25, 0.3) is 0 Å². The Kier molecular flexibility index (Phi) is 3.90. The van der Waals surface area contributed by atoms with E-state index < -0.39 is 27.3 Å². The number of carbonyl (C=O) groups is 1. The number of hydrogen-bond acceptors (Lipinski definition) is 5. The molecule has 2 heterocycles. The van der Waals surface area contributed by atoms with Gasteiger partial charge in [0.2, 0.25) is 0 Å². The minimum atomic E-state index is -3.15. The summed E-state index contributed by atoms with van der Waals surface area (Å²) in [6.07, 6.45) is 0.773. The van der Waals surface area contributed by atoms with Crippen molar-refractivity contribution in [1.29, 1.82) is 0 Å². The highest BCUT2D eigenvalue weighted by Gasteiger charge is 2.45. The molecule has 0 spiro atoms. The highest BCUT2D eigenvalue weighted by atomic mass is 32.2. The summed E-state index contributed by atoms with van der Waals surface area (Å²) in [7, 11) is -3.15. The maximum absolute atomic E-state index is 11.5. The quantitative estimate of drug-likeness (QED) is 0.742. The van der Waals surface area contributed by atoms with E-state index in [0.717, 1.165) is 0 Å². The van der Waals surface area contributed by atoms with Crippen LogP contribution in [0.1, 0.15) is 26.2 Å². The minimum absolute atomic E-state index is 0.0135. The zero-order valence-electron chi connectivity index (χ0n) is 11.1. The van der Waals surface area contributed by atoms with Crippen LogP contribution in [0.5, 0.6) is 0 Å². The fraction of sp³-hybridized carbons (Fsp3) is 0.917. The molecule has 2 unspecified atom stereocenters. The number of rotatable bonds is 3. The van der Waals surface area contributed by atoms with Gasteiger partial charge in [0.25, 0.3) is 0 Å². The van der Waals surface area contributed by atoms with Gasteiger partial charge in [0.1, 0.15) is 0 Å². The van der Waals surface area contributed by atoms with Crippen LogP contribution in [0.4, 0.5) is 0 Å². The van der Waals surface area contributed by atoms with Gasteiger partial charge >= 0.3 is 5.97 Å². The van der Waals surface area contributed by atoms with Gasteiger partial charge in [0.15, 0.2) is 9.84 Å². The maximum atomic E-state index is 11.5. The summed E-state index contributed by atoms with van der Waals surface area (Å²) in [6, 6.07) is -0.367. The average molecular weight is 291 g/mol. The fourth-order valence-electron chi connectivity index (χ4n) is 3.16. The van der Waals surface area contributed by atoms with Crippen molar-refractivity contribution in [2.24, 2.45) is 5.41 Å². The molecule has 2 aliphatic heterocycles. The van der Waals surface area contributed by atoms with E-state index in [1.165, 1.54) is 0 Å². The number of piperidine rings is 1. The lowest BCUT2D eigenvalue weighted by Gasteiger charge is -2.41. The Bertz CT molecular complexity index is 453. The summed E-state index contributed by atoms with van der Waals surface area (Å²) in [6.45, 7) is 2.95. The van der Waals surface area contributed by atoms with E-state index in [0.29, 0.717) is 32.4 Å². The van der Waals surface area contributed by atoms with E-state index in [2.05, 4.69) is 0 Å². The number of carboxylic acid groups (broad SMARTS) is 1. The number of likely N-dealkylation sites (tertiary alicyclic amines) is 1. The summed E-state index contributed by atoms with van der Waals surface area (Å²) in [5.74, 6) is -0.957.